The fraction of sp³-hybridized carbons (Fsp3) is 0.200. The van der Waals surface area contributed by atoms with E-state index >= 15 is 0 Å². The molecule has 0 radical (unpaired) electrons. The van der Waals surface area contributed by atoms with Crippen LogP contribution in [0.2, 0.25) is 9.36 Å². The standard InChI is InChI=1S/C15H15Cl2N5OS2/c1-8-15(25(2,18)23)22-14(20-8)13(10-4-5-11(17)24-10)21-12-6-3-9(16)7-19-12/h3-7,13,18H,1-2H3,(H,19,21)(H,20,22). The van der Waals surface area contributed by atoms with Crippen LogP contribution in [0.4, 0.5) is 5.82 Å². The van der Waals surface area contributed by atoms with Crippen molar-refractivity contribution in [1.82, 2.24) is 15.0 Å². The molecule has 132 valence electrons. The molecule has 0 spiro atoms. The van der Waals surface area contributed by atoms with Gasteiger partial charge in [0, 0.05) is 23.0 Å². The van der Waals surface area contributed by atoms with Crippen molar-refractivity contribution in [2.24, 2.45) is 0 Å². The summed E-state index contributed by atoms with van der Waals surface area (Å²) in [6.45, 7) is 1.75. The van der Waals surface area contributed by atoms with E-state index in [9.17, 15) is 4.21 Å². The lowest BCUT2D eigenvalue weighted by atomic mass is 10.2. The van der Waals surface area contributed by atoms with Gasteiger partial charge >= 0.3 is 0 Å². The van der Waals surface area contributed by atoms with Crippen molar-refractivity contribution in [1.29, 1.82) is 4.78 Å². The Morgan fingerprint density at radius 1 is 1.32 bits per heavy atom. The number of anilines is 1. The van der Waals surface area contributed by atoms with E-state index in [1.807, 2.05) is 6.07 Å². The lowest BCUT2D eigenvalue weighted by molar-refractivity contribution is 0.675. The van der Waals surface area contributed by atoms with Gasteiger partial charge in [-0.2, -0.15) is 0 Å². The van der Waals surface area contributed by atoms with Gasteiger partial charge < -0.3 is 10.3 Å². The van der Waals surface area contributed by atoms with Gasteiger partial charge in [0.2, 0.25) is 0 Å². The fourth-order valence-corrected chi connectivity index (χ4v) is 4.49. The van der Waals surface area contributed by atoms with Crippen LogP contribution < -0.4 is 5.32 Å². The molecule has 10 heteroatoms. The van der Waals surface area contributed by atoms with Gasteiger partial charge in [-0.15, -0.1) is 11.3 Å². The van der Waals surface area contributed by atoms with Crippen LogP contribution in [-0.4, -0.2) is 25.4 Å². The third kappa shape index (κ3) is 4.14. The maximum absolute atomic E-state index is 12.1. The molecule has 3 rings (SSSR count). The van der Waals surface area contributed by atoms with Crippen LogP contribution in [0.5, 0.6) is 0 Å². The first-order valence-electron chi connectivity index (χ1n) is 7.17. The molecular formula is C15H15Cl2N5OS2. The third-order valence-corrected chi connectivity index (χ3v) is 6.05. The normalized spacial score (nSPS) is 14.9. The van der Waals surface area contributed by atoms with Gasteiger partial charge in [0.05, 0.1) is 19.1 Å². The van der Waals surface area contributed by atoms with E-state index in [1.165, 1.54) is 17.6 Å². The largest absolute Gasteiger partial charge is 0.356 e. The Morgan fingerprint density at radius 3 is 2.60 bits per heavy atom. The fourth-order valence-electron chi connectivity index (χ4n) is 2.35. The summed E-state index contributed by atoms with van der Waals surface area (Å²) in [7, 11) is -2.93. The molecule has 3 aromatic rings. The number of imidazole rings is 1. The minimum atomic E-state index is -2.93. The van der Waals surface area contributed by atoms with Gasteiger partial charge in [-0.1, -0.05) is 23.2 Å². The van der Waals surface area contributed by atoms with E-state index in [2.05, 4.69) is 20.3 Å². The van der Waals surface area contributed by atoms with Gasteiger partial charge in [-0.05, 0) is 31.2 Å². The topological polar surface area (TPSA) is 94.5 Å². The van der Waals surface area contributed by atoms with Crippen molar-refractivity contribution < 1.29 is 4.21 Å². The van der Waals surface area contributed by atoms with E-state index in [0.717, 1.165) is 4.88 Å². The smallest absolute Gasteiger partial charge is 0.156 e. The summed E-state index contributed by atoms with van der Waals surface area (Å²) in [5, 5.41) is 4.07. The molecule has 0 saturated heterocycles. The van der Waals surface area contributed by atoms with Crippen LogP contribution in [0.25, 0.3) is 0 Å². The average Bonchev–Trinajstić information content (AvgIpc) is 3.12. The van der Waals surface area contributed by atoms with E-state index in [4.69, 9.17) is 28.0 Å². The molecule has 3 aromatic heterocycles. The van der Waals surface area contributed by atoms with Crippen LogP contribution in [0.3, 0.4) is 0 Å². The highest BCUT2D eigenvalue weighted by molar-refractivity contribution is 7.91. The van der Waals surface area contributed by atoms with Crippen molar-refractivity contribution in [2.75, 3.05) is 11.6 Å². The zero-order valence-corrected chi connectivity index (χ0v) is 16.5. The molecule has 0 aliphatic heterocycles. The lowest BCUT2D eigenvalue weighted by Gasteiger charge is -2.16. The van der Waals surface area contributed by atoms with E-state index in [0.29, 0.717) is 26.7 Å². The first-order valence-corrected chi connectivity index (χ1v) is 10.7. The quantitative estimate of drug-likeness (QED) is 0.561. The summed E-state index contributed by atoms with van der Waals surface area (Å²) in [4.78, 5) is 12.7. The molecule has 25 heavy (non-hydrogen) atoms. The molecule has 6 nitrogen and oxygen atoms in total. The maximum atomic E-state index is 12.1. The van der Waals surface area contributed by atoms with Crippen molar-refractivity contribution in [3.05, 3.63) is 56.2 Å². The number of aromatic amines is 1. The number of rotatable bonds is 5. The van der Waals surface area contributed by atoms with E-state index in [-0.39, 0.29) is 11.1 Å². The summed E-state index contributed by atoms with van der Waals surface area (Å²) in [5.74, 6) is 1.15. The third-order valence-electron chi connectivity index (χ3n) is 3.40. The zero-order chi connectivity index (χ0) is 18.2. The molecular weight excluding hydrogens is 401 g/mol. The van der Waals surface area contributed by atoms with Crippen LogP contribution in [-0.2, 0) is 9.73 Å². The number of pyridine rings is 1. The molecule has 0 aliphatic carbocycles. The van der Waals surface area contributed by atoms with Gasteiger partial charge in [0.1, 0.15) is 17.7 Å². The minimum absolute atomic E-state index is 0.251. The molecule has 0 aromatic carbocycles. The highest BCUT2D eigenvalue weighted by atomic mass is 35.5. The predicted octanol–water partition coefficient (Wildman–Crippen LogP) is 4.72. The highest BCUT2D eigenvalue weighted by Gasteiger charge is 2.23. The monoisotopic (exact) mass is 415 g/mol. The van der Waals surface area contributed by atoms with Crippen molar-refractivity contribution in [2.45, 2.75) is 18.0 Å². The highest BCUT2D eigenvalue weighted by Crippen LogP contribution is 2.33. The number of halogens is 2. The summed E-state index contributed by atoms with van der Waals surface area (Å²) in [5.41, 5.74) is 0.607. The molecule has 0 saturated carbocycles. The Hall–Kier alpha value is -1.61. The van der Waals surface area contributed by atoms with Gasteiger partial charge in [0.25, 0.3) is 0 Å². The second-order valence-corrected chi connectivity index (χ2v) is 9.73. The van der Waals surface area contributed by atoms with Crippen molar-refractivity contribution >= 4 is 50.1 Å². The van der Waals surface area contributed by atoms with E-state index in [1.54, 1.807) is 31.3 Å². The molecule has 0 aliphatic rings. The van der Waals surface area contributed by atoms with Crippen molar-refractivity contribution in [3.8, 4) is 0 Å². The Bertz CT molecular complexity index is 995. The predicted molar refractivity (Wildman–Crippen MR) is 102 cm³/mol. The van der Waals surface area contributed by atoms with E-state index < -0.39 is 9.73 Å². The number of thiophene rings is 1. The summed E-state index contributed by atoms with van der Waals surface area (Å²) in [6.07, 6.45) is 2.90. The number of hydrogen-bond donors (Lipinski definition) is 3. The maximum Gasteiger partial charge on any atom is 0.156 e. The average molecular weight is 416 g/mol. The Kier molecular flexibility index (Phi) is 5.06. The zero-order valence-electron chi connectivity index (χ0n) is 13.3. The first kappa shape index (κ1) is 18.2. The molecule has 2 atom stereocenters. The lowest BCUT2D eigenvalue weighted by Crippen LogP contribution is -2.14. The van der Waals surface area contributed by atoms with Crippen LogP contribution >= 0.6 is 34.5 Å². The first-order chi connectivity index (χ1) is 11.7. The molecule has 3 N–H and O–H groups in total. The van der Waals surface area contributed by atoms with Gasteiger partial charge in [-0.3, -0.25) is 0 Å². The molecule has 0 fully saturated rings. The Balaban J connectivity index is 2.04. The Morgan fingerprint density at radius 2 is 2.08 bits per heavy atom. The number of nitrogens with one attached hydrogen (secondary N) is 3. The summed E-state index contributed by atoms with van der Waals surface area (Å²) < 4.78 is 20.5. The van der Waals surface area contributed by atoms with Crippen LogP contribution in [0, 0.1) is 11.7 Å². The molecule has 3 heterocycles. The molecule has 0 bridgehead atoms. The summed E-state index contributed by atoms with van der Waals surface area (Å²) >= 11 is 13.4. The second kappa shape index (κ2) is 6.95. The Labute approximate surface area is 159 Å². The SMILES string of the molecule is Cc1[nH]c(C(Nc2ccc(Cl)cn2)c2ccc(Cl)s2)nc1S(C)(=N)=O. The van der Waals surface area contributed by atoms with Gasteiger partial charge in [-0.25, -0.2) is 19.0 Å². The number of H-pyrrole nitrogens is 1. The summed E-state index contributed by atoms with van der Waals surface area (Å²) in [6, 6.07) is 6.81. The van der Waals surface area contributed by atoms with Crippen LogP contribution in [0.15, 0.2) is 35.5 Å². The van der Waals surface area contributed by atoms with Gasteiger partial charge in [0.15, 0.2) is 5.03 Å². The second-order valence-electron chi connectivity index (χ2n) is 5.48. The molecule has 2 unspecified atom stereocenters. The van der Waals surface area contributed by atoms with Crippen molar-refractivity contribution in [3.63, 3.8) is 0 Å². The van der Waals surface area contributed by atoms with Crippen LogP contribution in [0.1, 0.15) is 22.4 Å². The number of aromatic nitrogens is 3. The minimum Gasteiger partial charge on any atom is -0.356 e. The number of nitrogens with zero attached hydrogens (tertiary/aromatic N) is 2. The number of hydrogen-bond acceptors (Lipinski definition) is 6. The number of aryl methyl sites for hydroxylation is 1. The molecule has 0 amide bonds.